The first kappa shape index (κ1) is 15.0. The molecule has 0 radical (unpaired) electrons. The van der Waals surface area contributed by atoms with Crippen LogP contribution in [0.15, 0.2) is 60.8 Å². The van der Waals surface area contributed by atoms with Crippen molar-refractivity contribution in [2.75, 3.05) is 0 Å². The molecule has 0 unspecified atom stereocenters. The smallest absolute Gasteiger partial charge is 0.303 e. The van der Waals surface area contributed by atoms with E-state index in [1.807, 2.05) is 48.5 Å². The lowest BCUT2D eigenvalue weighted by atomic mass is 10.1. The first-order valence-electron chi connectivity index (χ1n) is 7.48. The molecule has 0 aliphatic heterocycles. The normalized spacial score (nSPS) is 10.6. The van der Waals surface area contributed by atoms with E-state index in [-0.39, 0.29) is 6.42 Å². The van der Waals surface area contributed by atoms with E-state index in [1.54, 1.807) is 6.20 Å². The van der Waals surface area contributed by atoms with E-state index in [0.717, 1.165) is 27.8 Å². The Morgan fingerprint density at radius 3 is 2.61 bits per heavy atom. The van der Waals surface area contributed by atoms with Crippen molar-refractivity contribution in [1.29, 1.82) is 0 Å². The Morgan fingerprint density at radius 1 is 1.04 bits per heavy atom. The van der Waals surface area contributed by atoms with Crippen LogP contribution >= 0.6 is 0 Å². The summed E-state index contributed by atoms with van der Waals surface area (Å²) in [6, 6.07) is 17.6. The van der Waals surface area contributed by atoms with E-state index in [1.165, 1.54) is 0 Å². The molecule has 0 saturated carbocycles. The fraction of sp³-hybridized carbons (Fsp3) is 0.158. The molecule has 0 aliphatic carbocycles. The lowest BCUT2D eigenvalue weighted by molar-refractivity contribution is -0.136. The molecular weight excluding hydrogens is 290 g/mol. The molecule has 2 aromatic carbocycles. The lowest BCUT2D eigenvalue weighted by Gasteiger charge is -2.09. The number of aliphatic carboxylic acids is 1. The van der Waals surface area contributed by atoms with Crippen molar-refractivity contribution in [1.82, 2.24) is 4.98 Å². The molecule has 4 nitrogen and oxygen atoms in total. The first-order chi connectivity index (χ1) is 11.2. The van der Waals surface area contributed by atoms with Gasteiger partial charge in [0, 0.05) is 18.0 Å². The highest BCUT2D eigenvalue weighted by Crippen LogP contribution is 2.19. The number of hydrogen-bond donors (Lipinski definition) is 1. The van der Waals surface area contributed by atoms with Crippen LogP contribution in [0.3, 0.4) is 0 Å². The van der Waals surface area contributed by atoms with Gasteiger partial charge in [-0.2, -0.15) is 0 Å². The fourth-order valence-corrected chi connectivity index (χ4v) is 2.45. The summed E-state index contributed by atoms with van der Waals surface area (Å²) in [4.78, 5) is 15.0. The average molecular weight is 307 g/mol. The van der Waals surface area contributed by atoms with Crippen LogP contribution in [-0.4, -0.2) is 16.1 Å². The summed E-state index contributed by atoms with van der Waals surface area (Å²) >= 11 is 0. The maximum Gasteiger partial charge on any atom is 0.303 e. The second-order valence-electron chi connectivity index (χ2n) is 5.31. The van der Waals surface area contributed by atoms with Gasteiger partial charge < -0.3 is 9.84 Å². The van der Waals surface area contributed by atoms with Crippen molar-refractivity contribution in [2.24, 2.45) is 0 Å². The minimum atomic E-state index is -0.785. The van der Waals surface area contributed by atoms with Crippen molar-refractivity contribution < 1.29 is 14.6 Å². The molecule has 0 atom stereocenters. The monoisotopic (exact) mass is 307 g/mol. The molecule has 0 amide bonds. The highest BCUT2D eigenvalue weighted by molar-refractivity contribution is 5.84. The number of pyridine rings is 1. The summed E-state index contributed by atoms with van der Waals surface area (Å²) in [7, 11) is 0. The maximum absolute atomic E-state index is 10.6. The van der Waals surface area contributed by atoms with Gasteiger partial charge in [0.25, 0.3) is 0 Å². The third-order valence-electron chi connectivity index (χ3n) is 3.68. The van der Waals surface area contributed by atoms with Crippen LogP contribution in [0.4, 0.5) is 0 Å². The molecule has 116 valence electrons. The van der Waals surface area contributed by atoms with Gasteiger partial charge in [0.05, 0.1) is 5.69 Å². The number of fused-ring (bicyclic) bond motifs is 1. The van der Waals surface area contributed by atoms with E-state index in [9.17, 15) is 4.79 Å². The Hall–Kier alpha value is -2.88. The van der Waals surface area contributed by atoms with Gasteiger partial charge in [-0.1, -0.05) is 36.4 Å². The van der Waals surface area contributed by atoms with Crippen LogP contribution in [0.2, 0.25) is 0 Å². The van der Waals surface area contributed by atoms with Gasteiger partial charge in [-0.3, -0.25) is 9.78 Å². The standard InChI is InChI=1S/C19H17NO3/c21-19(22)10-7-14-5-8-16(9-6-14)23-13-18-17-4-2-1-3-15(17)11-12-20-18/h1-6,8-9,11-12H,7,10,13H2,(H,21,22). The Bertz CT molecular complexity index is 807. The molecule has 1 N–H and O–H groups in total. The van der Waals surface area contributed by atoms with Gasteiger partial charge in [0.2, 0.25) is 0 Å². The largest absolute Gasteiger partial charge is 0.487 e. The Morgan fingerprint density at radius 2 is 1.83 bits per heavy atom. The molecule has 0 aliphatic rings. The zero-order valence-corrected chi connectivity index (χ0v) is 12.6. The van der Waals surface area contributed by atoms with Crippen molar-refractivity contribution >= 4 is 16.7 Å². The highest BCUT2D eigenvalue weighted by atomic mass is 16.5. The Kier molecular flexibility index (Phi) is 4.52. The number of carboxylic acids is 1. The Balaban J connectivity index is 1.67. The quantitative estimate of drug-likeness (QED) is 0.752. The van der Waals surface area contributed by atoms with Crippen LogP contribution in [0.5, 0.6) is 5.75 Å². The fourth-order valence-electron chi connectivity index (χ4n) is 2.45. The zero-order chi connectivity index (χ0) is 16.1. The van der Waals surface area contributed by atoms with Crippen LogP contribution in [0, 0.1) is 0 Å². The van der Waals surface area contributed by atoms with Crippen LogP contribution in [-0.2, 0) is 17.8 Å². The summed E-state index contributed by atoms with van der Waals surface area (Å²) in [6.45, 7) is 0.399. The third kappa shape index (κ3) is 3.86. The Labute approximate surface area is 134 Å². The first-order valence-corrected chi connectivity index (χ1v) is 7.48. The molecule has 0 fully saturated rings. The van der Waals surface area contributed by atoms with Crippen molar-refractivity contribution in [3.8, 4) is 5.75 Å². The molecule has 0 spiro atoms. The molecule has 23 heavy (non-hydrogen) atoms. The van der Waals surface area contributed by atoms with Gasteiger partial charge in [-0.05, 0) is 35.6 Å². The SMILES string of the molecule is O=C(O)CCc1ccc(OCc2nccc3ccccc23)cc1. The van der Waals surface area contributed by atoms with Crippen molar-refractivity contribution in [3.63, 3.8) is 0 Å². The summed E-state index contributed by atoms with van der Waals surface area (Å²) in [5.41, 5.74) is 1.89. The van der Waals surface area contributed by atoms with Gasteiger partial charge in [-0.15, -0.1) is 0 Å². The summed E-state index contributed by atoms with van der Waals surface area (Å²) < 4.78 is 5.80. The number of carbonyl (C=O) groups is 1. The van der Waals surface area contributed by atoms with Crippen LogP contribution < -0.4 is 4.74 Å². The summed E-state index contributed by atoms with van der Waals surface area (Å²) in [5.74, 6) is -0.0360. The number of aryl methyl sites for hydroxylation is 1. The molecule has 3 aromatic rings. The third-order valence-corrected chi connectivity index (χ3v) is 3.68. The van der Waals surface area contributed by atoms with Crippen molar-refractivity contribution in [3.05, 3.63) is 72.1 Å². The van der Waals surface area contributed by atoms with Crippen LogP contribution in [0.25, 0.3) is 10.8 Å². The molecular formula is C19H17NO3. The van der Waals surface area contributed by atoms with E-state index >= 15 is 0 Å². The van der Waals surface area contributed by atoms with Gasteiger partial charge >= 0.3 is 5.97 Å². The van der Waals surface area contributed by atoms with E-state index < -0.39 is 5.97 Å². The van der Waals surface area contributed by atoms with E-state index in [2.05, 4.69) is 11.1 Å². The molecule has 0 saturated heterocycles. The van der Waals surface area contributed by atoms with Crippen LogP contribution in [0.1, 0.15) is 17.7 Å². The zero-order valence-electron chi connectivity index (χ0n) is 12.6. The summed E-state index contributed by atoms with van der Waals surface area (Å²) in [6.07, 6.45) is 2.46. The second-order valence-corrected chi connectivity index (χ2v) is 5.31. The number of aromatic nitrogens is 1. The van der Waals surface area contributed by atoms with Gasteiger partial charge in [-0.25, -0.2) is 0 Å². The predicted molar refractivity (Wildman–Crippen MR) is 88.5 cm³/mol. The maximum atomic E-state index is 10.6. The lowest BCUT2D eigenvalue weighted by Crippen LogP contribution is -2.00. The predicted octanol–water partition coefficient (Wildman–Crippen LogP) is 3.83. The van der Waals surface area contributed by atoms with E-state index in [0.29, 0.717) is 13.0 Å². The molecule has 1 heterocycles. The van der Waals surface area contributed by atoms with Gasteiger partial charge in [0.1, 0.15) is 12.4 Å². The number of carboxylic acid groups (broad SMARTS) is 1. The second kappa shape index (κ2) is 6.92. The van der Waals surface area contributed by atoms with E-state index in [4.69, 9.17) is 9.84 Å². The molecule has 1 aromatic heterocycles. The van der Waals surface area contributed by atoms with Gasteiger partial charge in [0.15, 0.2) is 0 Å². The average Bonchev–Trinajstić information content (AvgIpc) is 2.59. The minimum Gasteiger partial charge on any atom is -0.487 e. The number of hydrogen-bond acceptors (Lipinski definition) is 3. The molecule has 0 bridgehead atoms. The van der Waals surface area contributed by atoms with Crippen molar-refractivity contribution in [2.45, 2.75) is 19.4 Å². The number of nitrogens with zero attached hydrogens (tertiary/aromatic N) is 1. The number of rotatable bonds is 6. The topological polar surface area (TPSA) is 59.4 Å². The number of benzene rings is 2. The molecule has 4 heteroatoms. The highest BCUT2D eigenvalue weighted by Gasteiger charge is 2.04. The molecule has 3 rings (SSSR count). The minimum absolute atomic E-state index is 0.139. The number of ether oxygens (including phenoxy) is 1. The summed E-state index contributed by atoms with van der Waals surface area (Å²) in [5, 5.41) is 10.9.